The highest BCUT2D eigenvalue weighted by Crippen LogP contribution is 2.10. The van der Waals surface area contributed by atoms with Crippen LogP contribution in [-0.4, -0.2) is 29.5 Å². The van der Waals surface area contributed by atoms with Gasteiger partial charge in [0.15, 0.2) is 5.11 Å². The van der Waals surface area contributed by atoms with Crippen molar-refractivity contribution >= 4 is 35.2 Å². The average Bonchev–Trinajstić information content (AvgIpc) is 2.56. The van der Waals surface area contributed by atoms with E-state index in [0.717, 1.165) is 11.3 Å². The lowest BCUT2D eigenvalue weighted by molar-refractivity contribution is 0.0697. The number of benzene rings is 2. The second-order valence-electron chi connectivity index (χ2n) is 4.48. The van der Waals surface area contributed by atoms with Crippen LogP contribution in [0.25, 0.3) is 0 Å². The minimum Gasteiger partial charge on any atom is -0.497 e. The van der Waals surface area contributed by atoms with Crippen LogP contribution in [0.1, 0.15) is 15.9 Å². The highest BCUT2D eigenvalue weighted by Gasteiger charge is 2.02. The number of carbonyl (C=O) groups is 1. The molecule has 0 aliphatic heterocycles. The Kier molecular flexibility index (Phi) is 5.65. The number of nitrogens with one attached hydrogen (secondary N) is 2. The van der Waals surface area contributed by atoms with Gasteiger partial charge in [0.1, 0.15) is 5.75 Å². The van der Waals surface area contributed by atoms with Crippen molar-refractivity contribution in [2.24, 2.45) is 5.10 Å². The van der Waals surface area contributed by atoms with Gasteiger partial charge in [0, 0.05) is 5.69 Å². The van der Waals surface area contributed by atoms with E-state index >= 15 is 0 Å². The second kappa shape index (κ2) is 7.90. The molecular formula is C16H15N3O3S. The number of methoxy groups -OCH3 is 1. The maximum Gasteiger partial charge on any atom is 0.335 e. The first-order valence-corrected chi connectivity index (χ1v) is 7.07. The minimum atomic E-state index is -0.971. The van der Waals surface area contributed by atoms with Crippen LogP contribution in [0, 0.1) is 0 Å². The van der Waals surface area contributed by atoms with Gasteiger partial charge in [0.05, 0.1) is 18.9 Å². The molecule has 6 nitrogen and oxygen atoms in total. The lowest BCUT2D eigenvalue weighted by Gasteiger charge is -2.07. The molecule has 0 aromatic heterocycles. The van der Waals surface area contributed by atoms with E-state index in [1.165, 1.54) is 12.1 Å². The Morgan fingerprint density at radius 2 is 1.83 bits per heavy atom. The summed E-state index contributed by atoms with van der Waals surface area (Å²) >= 11 is 5.10. The molecule has 0 bridgehead atoms. The Labute approximate surface area is 138 Å². The number of hydrogen-bond donors (Lipinski definition) is 3. The van der Waals surface area contributed by atoms with Gasteiger partial charge in [-0.25, -0.2) is 4.79 Å². The molecule has 0 saturated carbocycles. The van der Waals surface area contributed by atoms with Gasteiger partial charge in [-0.1, -0.05) is 0 Å². The van der Waals surface area contributed by atoms with Crippen molar-refractivity contribution in [1.82, 2.24) is 5.43 Å². The average molecular weight is 329 g/mol. The highest BCUT2D eigenvalue weighted by molar-refractivity contribution is 7.80. The van der Waals surface area contributed by atoms with Crippen molar-refractivity contribution in [3.05, 3.63) is 59.7 Å². The van der Waals surface area contributed by atoms with Crippen LogP contribution in [-0.2, 0) is 0 Å². The second-order valence-corrected chi connectivity index (χ2v) is 4.89. The molecule has 0 amide bonds. The van der Waals surface area contributed by atoms with Crippen LogP contribution < -0.4 is 15.5 Å². The lowest BCUT2D eigenvalue weighted by atomic mass is 10.2. The molecule has 0 heterocycles. The minimum absolute atomic E-state index is 0.215. The Morgan fingerprint density at radius 3 is 2.39 bits per heavy atom. The molecule has 7 heteroatoms. The van der Waals surface area contributed by atoms with E-state index in [1.807, 2.05) is 24.3 Å². The van der Waals surface area contributed by atoms with Crippen molar-refractivity contribution in [3.8, 4) is 5.75 Å². The molecule has 2 aromatic rings. The van der Waals surface area contributed by atoms with E-state index in [0.29, 0.717) is 10.8 Å². The van der Waals surface area contributed by atoms with E-state index in [9.17, 15) is 4.79 Å². The molecule has 2 rings (SSSR count). The zero-order valence-electron chi connectivity index (χ0n) is 12.3. The van der Waals surface area contributed by atoms with Gasteiger partial charge >= 0.3 is 5.97 Å². The largest absolute Gasteiger partial charge is 0.497 e. The summed E-state index contributed by atoms with van der Waals surface area (Å²) < 4.78 is 5.07. The molecule has 0 fully saturated rings. The Bertz CT molecular complexity index is 712. The molecule has 0 aliphatic carbocycles. The van der Waals surface area contributed by atoms with Gasteiger partial charge in [0.2, 0.25) is 0 Å². The standard InChI is InChI=1S/C16H15N3O3S/c1-22-14-8-2-11(3-9-14)10-17-19-16(23)18-13-6-4-12(5-7-13)15(20)21/h2-10H,1H3,(H,20,21)(H2,18,19,23)/b17-10+. The fraction of sp³-hybridized carbons (Fsp3) is 0.0625. The molecule has 0 saturated heterocycles. The SMILES string of the molecule is COc1ccc(/C=N/NC(=S)Nc2ccc(C(=O)O)cc2)cc1. The highest BCUT2D eigenvalue weighted by atomic mass is 32.1. The summed E-state index contributed by atoms with van der Waals surface area (Å²) in [6, 6.07) is 13.6. The monoisotopic (exact) mass is 329 g/mol. The lowest BCUT2D eigenvalue weighted by Crippen LogP contribution is -2.23. The molecule has 0 spiro atoms. The zero-order valence-corrected chi connectivity index (χ0v) is 13.1. The summed E-state index contributed by atoms with van der Waals surface area (Å²) in [4.78, 5) is 10.8. The summed E-state index contributed by atoms with van der Waals surface area (Å²) in [5.74, 6) is -0.196. The number of ether oxygens (including phenoxy) is 1. The summed E-state index contributed by atoms with van der Waals surface area (Å²) in [6.45, 7) is 0. The maximum atomic E-state index is 10.8. The summed E-state index contributed by atoms with van der Waals surface area (Å²) in [7, 11) is 1.61. The van der Waals surface area contributed by atoms with Gasteiger partial charge < -0.3 is 15.2 Å². The topological polar surface area (TPSA) is 83.0 Å². The number of hydrogen-bond acceptors (Lipinski definition) is 4. The predicted molar refractivity (Wildman–Crippen MR) is 93.3 cm³/mol. The molecule has 0 radical (unpaired) electrons. The number of carboxylic acids is 1. The summed E-state index contributed by atoms with van der Waals surface area (Å²) in [5.41, 5.74) is 4.47. The molecule has 0 atom stereocenters. The zero-order chi connectivity index (χ0) is 16.7. The van der Waals surface area contributed by atoms with Crippen molar-refractivity contribution < 1.29 is 14.6 Å². The molecule has 3 N–H and O–H groups in total. The molecule has 0 aliphatic rings. The number of anilines is 1. The third-order valence-corrected chi connectivity index (χ3v) is 3.08. The normalized spacial score (nSPS) is 10.3. The van der Waals surface area contributed by atoms with Crippen molar-refractivity contribution in [1.29, 1.82) is 0 Å². The van der Waals surface area contributed by atoms with Crippen molar-refractivity contribution in [2.75, 3.05) is 12.4 Å². The van der Waals surface area contributed by atoms with Crippen molar-refractivity contribution in [3.63, 3.8) is 0 Å². The third kappa shape index (κ3) is 5.08. The van der Waals surface area contributed by atoms with Crippen LogP contribution in [0.2, 0.25) is 0 Å². The van der Waals surface area contributed by atoms with Crippen LogP contribution >= 0.6 is 12.2 Å². The number of hydrazone groups is 1. The van der Waals surface area contributed by atoms with Crippen molar-refractivity contribution in [2.45, 2.75) is 0 Å². The maximum absolute atomic E-state index is 10.8. The van der Waals surface area contributed by atoms with Crippen LogP contribution in [0.5, 0.6) is 5.75 Å². The van der Waals surface area contributed by atoms with E-state index in [-0.39, 0.29) is 5.56 Å². The van der Waals surface area contributed by atoms with Gasteiger partial charge in [-0.2, -0.15) is 5.10 Å². The van der Waals surface area contributed by atoms with Crippen LogP contribution in [0.15, 0.2) is 53.6 Å². The fourth-order valence-electron chi connectivity index (χ4n) is 1.71. The summed E-state index contributed by atoms with van der Waals surface area (Å²) in [6.07, 6.45) is 1.63. The number of nitrogens with zero attached hydrogens (tertiary/aromatic N) is 1. The quantitative estimate of drug-likeness (QED) is 0.444. The fourth-order valence-corrected chi connectivity index (χ4v) is 1.88. The van der Waals surface area contributed by atoms with E-state index in [2.05, 4.69) is 15.8 Å². The first-order valence-electron chi connectivity index (χ1n) is 6.66. The molecule has 2 aromatic carbocycles. The first-order chi connectivity index (χ1) is 11.1. The summed E-state index contributed by atoms with van der Waals surface area (Å²) in [5, 5.41) is 16.1. The number of thiocarbonyl (C=S) groups is 1. The van der Waals surface area contributed by atoms with Gasteiger partial charge in [-0.05, 0) is 66.3 Å². The van der Waals surface area contributed by atoms with Gasteiger partial charge in [-0.15, -0.1) is 0 Å². The number of carboxylic acid groups (broad SMARTS) is 1. The molecular weight excluding hydrogens is 314 g/mol. The van der Waals surface area contributed by atoms with E-state index in [4.69, 9.17) is 22.1 Å². The predicted octanol–water partition coefficient (Wildman–Crippen LogP) is 2.71. The van der Waals surface area contributed by atoms with Gasteiger partial charge in [-0.3, -0.25) is 5.43 Å². The third-order valence-electron chi connectivity index (χ3n) is 2.89. The first kappa shape index (κ1) is 16.4. The number of rotatable bonds is 5. The molecule has 23 heavy (non-hydrogen) atoms. The van der Waals surface area contributed by atoms with E-state index < -0.39 is 5.97 Å². The smallest absolute Gasteiger partial charge is 0.335 e. The van der Waals surface area contributed by atoms with Crippen LogP contribution in [0.4, 0.5) is 5.69 Å². The van der Waals surface area contributed by atoms with Gasteiger partial charge in [0.25, 0.3) is 0 Å². The Morgan fingerprint density at radius 1 is 1.17 bits per heavy atom. The van der Waals surface area contributed by atoms with Crippen LogP contribution in [0.3, 0.4) is 0 Å². The number of aromatic carboxylic acids is 1. The Balaban J connectivity index is 1.86. The molecule has 0 unspecified atom stereocenters. The Hall–Kier alpha value is -2.93. The molecule has 118 valence electrons. The van der Waals surface area contributed by atoms with E-state index in [1.54, 1.807) is 25.5 Å².